The second-order valence-electron chi connectivity index (χ2n) is 8.47. The summed E-state index contributed by atoms with van der Waals surface area (Å²) in [5.41, 5.74) is -1.04. The number of hydrogen-bond acceptors (Lipinski definition) is 5. The van der Waals surface area contributed by atoms with Gasteiger partial charge in [0.15, 0.2) is 0 Å². The van der Waals surface area contributed by atoms with Gasteiger partial charge in [-0.15, -0.1) is 0 Å². The molecule has 1 N–H and O–H groups in total. The highest BCUT2D eigenvalue weighted by Gasteiger charge is 2.60. The Balaban J connectivity index is 2.15. The number of carboxylic acids is 1. The summed E-state index contributed by atoms with van der Waals surface area (Å²) in [4.78, 5) is 37.7. The Hall–Kier alpha value is -1.79. The van der Waals surface area contributed by atoms with Crippen molar-refractivity contribution in [2.45, 2.75) is 78.0 Å². The lowest BCUT2D eigenvalue weighted by Gasteiger charge is -2.57. The van der Waals surface area contributed by atoms with Gasteiger partial charge < -0.3 is 14.6 Å². The molecule has 0 aromatic heterocycles. The third-order valence-electron chi connectivity index (χ3n) is 4.91. The first-order valence-corrected chi connectivity index (χ1v) is 8.88. The quantitative estimate of drug-likeness (QED) is 0.783. The highest BCUT2D eigenvalue weighted by Crippen LogP contribution is 2.51. The zero-order valence-electron chi connectivity index (χ0n) is 15.7. The number of hydrogen-bond donors (Lipinski definition) is 1. The van der Waals surface area contributed by atoms with Gasteiger partial charge in [-0.2, -0.15) is 0 Å². The van der Waals surface area contributed by atoms with Gasteiger partial charge in [-0.05, 0) is 60.3 Å². The van der Waals surface area contributed by atoms with Crippen LogP contribution in [0.4, 0.5) is 4.79 Å². The van der Waals surface area contributed by atoms with Crippen LogP contribution in [0.2, 0.25) is 0 Å². The summed E-state index contributed by atoms with van der Waals surface area (Å²) in [5, 5.41) is 9.18. The Kier molecular flexibility index (Phi) is 5.35. The molecule has 1 spiro atoms. The molecule has 1 heterocycles. The molecule has 1 unspecified atom stereocenters. The molecule has 1 aliphatic heterocycles. The predicted molar refractivity (Wildman–Crippen MR) is 90.0 cm³/mol. The van der Waals surface area contributed by atoms with E-state index < -0.39 is 35.1 Å². The van der Waals surface area contributed by atoms with Gasteiger partial charge in [-0.3, -0.25) is 9.69 Å². The number of carbonyl (C=O) groups is 3. The first-order valence-electron chi connectivity index (χ1n) is 8.88. The van der Waals surface area contributed by atoms with Gasteiger partial charge >= 0.3 is 18.0 Å². The molecule has 7 nitrogen and oxygen atoms in total. The van der Waals surface area contributed by atoms with Crippen molar-refractivity contribution in [2.24, 2.45) is 11.3 Å². The standard InChI is InChI=1S/C18H29NO6/c1-11(2)24-15(22)13-18(8-6-12(7-9-18)14(20)21)10-19(13)16(23)25-17(3,4)5/h11-13H,6-10H2,1-5H3,(H,20,21). The Bertz CT molecular complexity index is 542. The second-order valence-corrected chi connectivity index (χ2v) is 8.47. The van der Waals surface area contributed by atoms with Gasteiger partial charge in [0.25, 0.3) is 0 Å². The lowest BCUT2D eigenvalue weighted by Crippen LogP contribution is -2.71. The van der Waals surface area contributed by atoms with Crippen molar-refractivity contribution in [3.63, 3.8) is 0 Å². The Morgan fingerprint density at radius 1 is 1.16 bits per heavy atom. The van der Waals surface area contributed by atoms with Crippen LogP contribution in [-0.2, 0) is 19.1 Å². The number of nitrogens with zero attached hydrogens (tertiary/aromatic N) is 1. The molecular formula is C18H29NO6. The van der Waals surface area contributed by atoms with Gasteiger partial charge in [0.2, 0.25) is 0 Å². The third-order valence-corrected chi connectivity index (χ3v) is 4.91. The van der Waals surface area contributed by atoms with E-state index in [9.17, 15) is 19.5 Å². The smallest absolute Gasteiger partial charge is 0.411 e. The number of rotatable bonds is 3. The number of carbonyl (C=O) groups excluding carboxylic acids is 2. The molecule has 2 aliphatic rings. The molecule has 0 aromatic carbocycles. The van der Waals surface area contributed by atoms with Crippen LogP contribution in [0.25, 0.3) is 0 Å². The lowest BCUT2D eigenvalue weighted by molar-refractivity contribution is -0.179. The summed E-state index contributed by atoms with van der Waals surface area (Å²) in [6.07, 6.45) is 1.43. The van der Waals surface area contributed by atoms with Gasteiger partial charge in [-0.25, -0.2) is 9.59 Å². The van der Waals surface area contributed by atoms with E-state index in [2.05, 4.69) is 0 Å². The SMILES string of the molecule is CC(C)OC(=O)C1N(C(=O)OC(C)(C)C)CC12CCC(C(=O)O)CC2. The largest absolute Gasteiger partial charge is 0.481 e. The molecule has 1 atom stereocenters. The van der Waals surface area contributed by atoms with Crippen molar-refractivity contribution in [3.05, 3.63) is 0 Å². The molecule has 0 aromatic rings. The minimum Gasteiger partial charge on any atom is -0.481 e. The zero-order chi connectivity index (χ0) is 19.0. The third kappa shape index (κ3) is 4.25. The van der Waals surface area contributed by atoms with Crippen molar-refractivity contribution in [1.29, 1.82) is 0 Å². The maximum Gasteiger partial charge on any atom is 0.411 e. The fourth-order valence-corrected chi connectivity index (χ4v) is 3.77. The number of ether oxygens (including phenoxy) is 2. The summed E-state index contributed by atoms with van der Waals surface area (Å²) < 4.78 is 10.8. The van der Waals surface area contributed by atoms with Gasteiger partial charge in [0, 0.05) is 12.0 Å². The normalized spacial score (nSPS) is 29.3. The summed E-state index contributed by atoms with van der Waals surface area (Å²) in [6.45, 7) is 9.27. The van der Waals surface area contributed by atoms with Gasteiger partial charge in [-0.1, -0.05) is 0 Å². The highest BCUT2D eigenvalue weighted by atomic mass is 16.6. The van der Waals surface area contributed by atoms with Crippen molar-refractivity contribution >= 4 is 18.0 Å². The maximum absolute atomic E-state index is 12.6. The fourth-order valence-electron chi connectivity index (χ4n) is 3.77. The van der Waals surface area contributed by atoms with E-state index in [1.807, 2.05) is 0 Å². The van der Waals surface area contributed by atoms with Crippen molar-refractivity contribution in [1.82, 2.24) is 4.90 Å². The minimum absolute atomic E-state index is 0.277. The number of likely N-dealkylation sites (tertiary alicyclic amines) is 1. The maximum atomic E-state index is 12.6. The Labute approximate surface area is 148 Å². The van der Waals surface area contributed by atoms with Gasteiger partial charge in [0.1, 0.15) is 11.6 Å². The fraction of sp³-hybridized carbons (Fsp3) is 0.833. The number of aliphatic carboxylic acids is 1. The molecule has 25 heavy (non-hydrogen) atoms. The summed E-state index contributed by atoms with van der Waals surface area (Å²) in [6, 6.07) is -0.695. The topological polar surface area (TPSA) is 93.1 Å². The molecule has 0 radical (unpaired) electrons. The van der Waals surface area contributed by atoms with E-state index in [1.165, 1.54) is 4.90 Å². The van der Waals surface area contributed by atoms with E-state index in [0.717, 1.165) is 0 Å². The van der Waals surface area contributed by atoms with Crippen LogP contribution in [0.3, 0.4) is 0 Å². The van der Waals surface area contributed by atoms with E-state index in [1.54, 1.807) is 34.6 Å². The molecule has 1 saturated carbocycles. The van der Waals surface area contributed by atoms with Crippen LogP contribution < -0.4 is 0 Å². The molecule has 2 fully saturated rings. The van der Waals surface area contributed by atoms with E-state index in [4.69, 9.17) is 9.47 Å². The van der Waals surface area contributed by atoms with Crippen molar-refractivity contribution < 1.29 is 29.0 Å². The molecule has 0 bridgehead atoms. The summed E-state index contributed by atoms with van der Waals surface area (Å²) in [7, 11) is 0. The molecular weight excluding hydrogens is 326 g/mol. The molecule has 2 rings (SSSR count). The number of carboxylic acid groups (broad SMARTS) is 1. The molecule has 142 valence electrons. The summed E-state index contributed by atoms with van der Waals surface area (Å²) >= 11 is 0. The number of amides is 1. The predicted octanol–water partition coefficient (Wildman–Crippen LogP) is 2.82. The molecule has 1 saturated heterocycles. The first-order chi connectivity index (χ1) is 11.4. The lowest BCUT2D eigenvalue weighted by atomic mass is 9.61. The molecule has 7 heteroatoms. The average molecular weight is 355 g/mol. The average Bonchev–Trinajstić information content (AvgIpc) is 2.42. The van der Waals surface area contributed by atoms with Crippen molar-refractivity contribution in [3.8, 4) is 0 Å². The Morgan fingerprint density at radius 3 is 2.16 bits per heavy atom. The van der Waals surface area contributed by atoms with Crippen molar-refractivity contribution in [2.75, 3.05) is 6.54 Å². The van der Waals surface area contributed by atoms with Crippen LogP contribution in [0.5, 0.6) is 0 Å². The van der Waals surface area contributed by atoms with E-state index in [0.29, 0.717) is 32.2 Å². The van der Waals surface area contributed by atoms with Crippen LogP contribution in [0.15, 0.2) is 0 Å². The molecule has 1 amide bonds. The van der Waals surface area contributed by atoms with Crippen LogP contribution >= 0.6 is 0 Å². The van der Waals surface area contributed by atoms with Crippen LogP contribution in [-0.4, -0.2) is 52.3 Å². The van der Waals surface area contributed by atoms with Crippen LogP contribution in [0.1, 0.15) is 60.3 Å². The van der Waals surface area contributed by atoms with E-state index >= 15 is 0 Å². The first kappa shape index (κ1) is 19.5. The van der Waals surface area contributed by atoms with Gasteiger partial charge in [0.05, 0.1) is 12.0 Å². The monoisotopic (exact) mass is 355 g/mol. The molecule has 1 aliphatic carbocycles. The second kappa shape index (κ2) is 6.84. The number of esters is 1. The van der Waals surface area contributed by atoms with E-state index in [-0.39, 0.29) is 12.0 Å². The minimum atomic E-state index is -0.792. The van der Waals surface area contributed by atoms with Crippen LogP contribution in [0, 0.1) is 11.3 Å². The summed E-state index contributed by atoms with van der Waals surface area (Å²) in [5.74, 6) is -1.59. The Morgan fingerprint density at radius 2 is 1.72 bits per heavy atom. The zero-order valence-corrected chi connectivity index (χ0v) is 15.7. The highest BCUT2D eigenvalue weighted by molar-refractivity contribution is 5.85.